The quantitative estimate of drug-likeness (QED) is 0.0219. The molecule has 18 nitrogen and oxygen atoms in total. The van der Waals surface area contributed by atoms with E-state index in [2.05, 4.69) is 103 Å². The van der Waals surface area contributed by atoms with Crippen LogP contribution in [0, 0.1) is 5.82 Å². The summed E-state index contributed by atoms with van der Waals surface area (Å²) in [5.74, 6) is -0.706. The number of aromatic nitrogens is 5. The second-order valence-corrected chi connectivity index (χ2v) is 19.9. The van der Waals surface area contributed by atoms with Gasteiger partial charge in [0.15, 0.2) is 0 Å². The van der Waals surface area contributed by atoms with Gasteiger partial charge < -0.3 is 46.1 Å². The number of para-hydroxylation sites is 1. The van der Waals surface area contributed by atoms with Crippen LogP contribution in [-0.4, -0.2) is 97.0 Å². The molecular formula is C52H59BrFN13O5S. The molecular weight excluding hydrogens is 1020 g/mol. The lowest BCUT2D eigenvalue weighted by atomic mass is 10.1. The highest BCUT2D eigenvalue weighted by Gasteiger charge is 2.20. The Kier molecular flexibility index (Phi) is 18.1. The highest BCUT2D eigenvalue weighted by Crippen LogP contribution is 2.39. The van der Waals surface area contributed by atoms with Crippen molar-refractivity contribution in [2.75, 3.05) is 73.6 Å². The van der Waals surface area contributed by atoms with Gasteiger partial charge in [0.1, 0.15) is 17.4 Å². The number of benzene rings is 4. The summed E-state index contributed by atoms with van der Waals surface area (Å²) >= 11 is 3.36. The maximum absolute atomic E-state index is 14.3. The van der Waals surface area contributed by atoms with Crippen LogP contribution in [0.2, 0.25) is 0 Å². The molecule has 73 heavy (non-hydrogen) atoms. The highest BCUT2D eigenvalue weighted by molar-refractivity contribution is 9.10. The lowest BCUT2D eigenvalue weighted by molar-refractivity contribution is -0.111. The van der Waals surface area contributed by atoms with Gasteiger partial charge in [0.2, 0.25) is 27.8 Å². The number of halogens is 2. The highest BCUT2D eigenvalue weighted by atomic mass is 79.9. The minimum Gasteiger partial charge on any atom is -0.494 e. The molecule has 0 aliphatic heterocycles. The van der Waals surface area contributed by atoms with E-state index in [1.165, 1.54) is 36.5 Å². The van der Waals surface area contributed by atoms with Crippen molar-refractivity contribution < 1.29 is 27.1 Å². The summed E-state index contributed by atoms with van der Waals surface area (Å²) in [4.78, 5) is 46.9. The van der Waals surface area contributed by atoms with E-state index in [0.29, 0.717) is 52.7 Å². The van der Waals surface area contributed by atoms with Gasteiger partial charge in [-0.1, -0.05) is 56.5 Å². The third kappa shape index (κ3) is 13.9. The van der Waals surface area contributed by atoms with Gasteiger partial charge in [0, 0.05) is 80.5 Å². The normalized spacial score (nSPS) is 11.4. The van der Waals surface area contributed by atoms with Crippen molar-refractivity contribution in [3.05, 3.63) is 132 Å². The number of anilines is 8. The first-order valence-corrected chi connectivity index (χ1v) is 25.9. The number of carbonyl (C=O) groups excluding carboxylic acids is 2. The number of methoxy groups -OCH3 is 1. The summed E-state index contributed by atoms with van der Waals surface area (Å²) in [6.07, 6.45) is 12.2. The van der Waals surface area contributed by atoms with E-state index in [9.17, 15) is 22.4 Å². The van der Waals surface area contributed by atoms with E-state index < -0.39 is 21.7 Å². The van der Waals surface area contributed by atoms with E-state index in [-0.39, 0.29) is 33.8 Å². The summed E-state index contributed by atoms with van der Waals surface area (Å²) < 4.78 is 51.5. The zero-order valence-electron chi connectivity index (χ0n) is 41.1. The Balaban J connectivity index is 0.823. The second kappa shape index (κ2) is 24.8. The maximum Gasteiger partial charge on any atom is 0.253 e. The number of nitrogens with one attached hydrogen (secondary N) is 5. The number of primary amides is 1. The van der Waals surface area contributed by atoms with Crippen LogP contribution in [0.15, 0.2) is 126 Å². The van der Waals surface area contributed by atoms with Crippen LogP contribution in [0.1, 0.15) is 48.9 Å². The van der Waals surface area contributed by atoms with Gasteiger partial charge in [0.05, 0.1) is 50.5 Å². The number of aryl methyl sites for hydroxylation is 1. The molecule has 0 unspecified atom stereocenters. The zero-order valence-corrected chi connectivity index (χ0v) is 43.5. The minimum atomic E-state index is -3.73. The Bertz CT molecular complexity index is 3190. The molecule has 0 bridgehead atoms. The topological polar surface area (TPSA) is 227 Å². The number of rotatable bonds is 26. The number of unbranched alkanes of at least 4 members (excludes halogenated alkanes) is 5. The van der Waals surface area contributed by atoms with Crippen molar-refractivity contribution in [3.8, 4) is 17.0 Å². The van der Waals surface area contributed by atoms with Crippen LogP contribution in [0.5, 0.6) is 5.75 Å². The van der Waals surface area contributed by atoms with Gasteiger partial charge in [-0.15, -0.1) is 0 Å². The van der Waals surface area contributed by atoms with E-state index >= 15 is 0 Å². The largest absolute Gasteiger partial charge is 0.494 e. The molecule has 0 aliphatic carbocycles. The molecule has 7 N–H and O–H groups in total. The number of sulfonamides is 1. The first-order valence-electron chi connectivity index (χ1n) is 23.6. The monoisotopic (exact) mass is 1080 g/mol. The number of nitrogens with two attached hydrogens (primary N) is 1. The molecule has 3 aromatic heterocycles. The number of nitrogens with zero attached hydrogens (tertiary/aromatic N) is 7. The van der Waals surface area contributed by atoms with E-state index in [1.807, 2.05) is 44.4 Å². The first kappa shape index (κ1) is 53.3. The fraction of sp³-hybridized carbons (Fsp3) is 0.269. The lowest BCUT2D eigenvalue weighted by Crippen LogP contribution is -2.32. The molecule has 7 rings (SSSR count). The van der Waals surface area contributed by atoms with Crippen molar-refractivity contribution in [1.82, 2.24) is 34.1 Å². The average molecular weight is 1080 g/mol. The van der Waals surface area contributed by atoms with Gasteiger partial charge in [-0.3, -0.25) is 9.59 Å². The zero-order chi connectivity index (χ0) is 52.1. The second-order valence-electron chi connectivity index (χ2n) is 17.3. The molecule has 0 radical (unpaired) electrons. The van der Waals surface area contributed by atoms with Crippen molar-refractivity contribution >= 4 is 94.8 Å². The molecule has 3 heterocycles. The summed E-state index contributed by atoms with van der Waals surface area (Å²) in [5, 5.41) is 13.3. The number of hydrogen-bond acceptors (Lipinski definition) is 14. The third-order valence-electron chi connectivity index (χ3n) is 12.0. The smallest absolute Gasteiger partial charge is 0.253 e. The summed E-state index contributed by atoms with van der Waals surface area (Å²) in [6.45, 7) is 6.34. The molecule has 0 atom stereocenters. The van der Waals surface area contributed by atoms with Crippen molar-refractivity contribution in [3.63, 3.8) is 0 Å². The molecule has 2 amide bonds. The van der Waals surface area contributed by atoms with Gasteiger partial charge in [-0.2, -0.15) is 4.98 Å². The number of carbonyl (C=O) groups is 2. The fourth-order valence-electron chi connectivity index (χ4n) is 8.10. The van der Waals surface area contributed by atoms with E-state index in [0.717, 1.165) is 79.1 Å². The standard InChI is InChI=1S/C52H59BrFN13O5S/c1-6-47(68)60-42-30-43(63-51-56-26-24-40(62-51)37-33-67(4)44-19-12-11-16-36(37)44)46(72-5)31-45(42)66(3)29-28-65(2)27-14-10-8-7-9-13-25-58-73(70,71)35-22-20-34(21-23-35)59-52-57-32-38(53)50(64-52)61-41-18-15-17-39(54)48(41)49(55)69/h6,11-12,15-24,26,30-33,58H,1,7-10,13-14,25,27-29H2,2-5H3,(H2,55,69)(H,60,68)(H,56,62,63)(H2,57,59,61,64). The van der Waals surface area contributed by atoms with Crippen LogP contribution >= 0.6 is 15.9 Å². The van der Waals surface area contributed by atoms with E-state index in [1.54, 1.807) is 25.4 Å². The lowest BCUT2D eigenvalue weighted by Gasteiger charge is -2.27. The first-order chi connectivity index (χ1) is 35.1. The number of ether oxygens (including phenoxy) is 1. The maximum atomic E-state index is 14.3. The molecule has 0 saturated heterocycles. The van der Waals surface area contributed by atoms with Crippen LogP contribution in [0.25, 0.3) is 22.2 Å². The van der Waals surface area contributed by atoms with Gasteiger partial charge in [-0.05, 0) is 103 Å². The van der Waals surface area contributed by atoms with Crippen LogP contribution in [0.3, 0.4) is 0 Å². The Morgan fingerprint density at radius 3 is 2.34 bits per heavy atom. The molecule has 7 aromatic rings. The predicted octanol–water partition coefficient (Wildman–Crippen LogP) is 9.48. The van der Waals surface area contributed by atoms with E-state index in [4.69, 9.17) is 15.5 Å². The molecule has 0 aliphatic rings. The molecule has 4 aromatic carbocycles. The van der Waals surface area contributed by atoms with Gasteiger partial charge >= 0.3 is 0 Å². The minimum absolute atomic E-state index is 0.119. The SMILES string of the molecule is C=CC(=O)Nc1cc(Nc2nccc(-c3cn(C)c4ccccc34)n2)c(OC)cc1N(C)CCN(C)CCCCCCCCNS(=O)(=O)c1ccc(Nc2ncc(Br)c(Nc3cccc(F)c3C(N)=O)n2)cc1. The van der Waals surface area contributed by atoms with Gasteiger partial charge in [-0.25, -0.2) is 32.5 Å². The number of fused-ring (bicyclic) bond motifs is 1. The molecule has 21 heteroatoms. The molecule has 0 fully saturated rings. The van der Waals surface area contributed by atoms with Crippen LogP contribution < -0.4 is 41.4 Å². The summed E-state index contributed by atoms with van der Waals surface area (Å²) in [7, 11) is 3.94. The number of likely N-dealkylation sites (N-methyl/N-ethyl adjacent to an activating group) is 2. The number of amides is 2. The Morgan fingerprint density at radius 1 is 0.849 bits per heavy atom. The molecule has 382 valence electrons. The molecule has 0 saturated carbocycles. The Hall–Kier alpha value is -7.46. The molecule has 0 spiro atoms. The van der Waals surface area contributed by atoms with Crippen molar-refractivity contribution in [2.24, 2.45) is 12.8 Å². The average Bonchev–Trinajstić information content (AvgIpc) is 3.72. The van der Waals surface area contributed by atoms with Gasteiger partial charge in [0.25, 0.3) is 5.91 Å². The van der Waals surface area contributed by atoms with Crippen LogP contribution in [0.4, 0.5) is 50.5 Å². The van der Waals surface area contributed by atoms with Crippen molar-refractivity contribution in [1.29, 1.82) is 0 Å². The Labute approximate surface area is 432 Å². The predicted molar refractivity (Wildman–Crippen MR) is 290 cm³/mol. The van der Waals surface area contributed by atoms with Crippen LogP contribution in [-0.2, 0) is 21.9 Å². The number of hydrogen-bond donors (Lipinski definition) is 6. The summed E-state index contributed by atoms with van der Waals surface area (Å²) in [6, 6.07) is 24.0. The summed E-state index contributed by atoms with van der Waals surface area (Å²) in [5.41, 5.74) is 10.5. The third-order valence-corrected chi connectivity index (χ3v) is 14.1. The van der Waals surface area contributed by atoms with Crippen molar-refractivity contribution in [2.45, 2.75) is 43.4 Å². The fourth-order valence-corrected chi connectivity index (χ4v) is 9.46. The Morgan fingerprint density at radius 2 is 1.59 bits per heavy atom.